The van der Waals surface area contributed by atoms with Crippen molar-refractivity contribution >= 4 is 27.5 Å². The SMILES string of the molecule is CCn1ncc(Br)c1CN(C)C(=O)c1cc2nc(C3CC3)cc(C(F)(F)F)n2n1. The first-order valence-electron chi connectivity index (χ1n) is 9.12. The van der Waals surface area contributed by atoms with E-state index < -0.39 is 17.8 Å². The fraction of sp³-hybridized carbons (Fsp3) is 0.444. The molecule has 0 atom stereocenters. The molecule has 1 aliphatic carbocycles. The summed E-state index contributed by atoms with van der Waals surface area (Å²) in [6, 6.07) is 2.35. The lowest BCUT2D eigenvalue weighted by Gasteiger charge is -2.17. The van der Waals surface area contributed by atoms with Gasteiger partial charge in [0.15, 0.2) is 11.3 Å². The molecule has 0 bridgehead atoms. The van der Waals surface area contributed by atoms with Gasteiger partial charge < -0.3 is 4.90 Å². The highest BCUT2D eigenvalue weighted by molar-refractivity contribution is 9.10. The predicted octanol–water partition coefficient (Wildman–Crippen LogP) is 3.88. The molecule has 1 amide bonds. The Hall–Kier alpha value is -2.43. The number of hydrogen-bond acceptors (Lipinski definition) is 4. The van der Waals surface area contributed by atoms with Gasteiger partial charge in [-0.05, 0) is 41.8 Å². The highest BCUT2D eigenvalue weighted by Crippen LogP contribution is 2.41. The minimum atomic E-state index is -4.60. The Morgan fingerprint density at radius 3 is 2.69 bits per heavy atom. The van der Waals surface area contributed by atoms with Crippen molar-refractivity contribution in [2.45, 2.75) is 44.9 Å². The van der Waals surface area contributed by atoms with Crippen LogP contribution in [0.4, 0.5) is 13.2 Å². The molecule has 7 nitrogen and oxygen atoms in total. The zero-order valence-electron chi connectivity index (χ0n) is 15.7. The summed E-state index contributed by atoms with van der Waals surface area (Å²) < 4.78 is 43.8. The van der Waals surface area contributed by atoms with Crippen molar-refractivity contribution in [2.75, 3.05) is 7.05 Å². The number of nitrogens with zero attached hydrogens (tertiary/aromatic N) is 6. The van der Waals surface area contributed by atoms with E-state index in [1.807, 2.05) is 6.92 Å². The number of carbonyl (C=O) groups is 1. The summed E-state index contributed by atoms with van der Waals surface area (Å²) >= 11 is 3.40. The summed E-state index contributed by atoms with van der Waals surface area (Å²) in [6.45, 7) is 2.78. The van der Waals surface area contributed by atoms with Crippen LogP contribution in [0.5, 0.6) is 0 Å². The van der Waals surface area contributed by atoms with Gasteiger partial charge in [0.25, 0.3) is 5.91 Å². The topological polar surface area (TPSA) is 68.3 Å². The third-order valence-electron chi connectivity index (χ3n) is 4.88. The molecule has 0 aliphatic heterocycles. The molecule has 4 rings (SSSR count). The van der Waals surface area contributed by atoms with Crippen molar-refractivity contribution in [3.05, 3.63) is 45.6 Å². The monoisotopic (exact) mass is 470 g/mol. The molecule has 1 aliphatic rings. The molecule has 154 valence electrons. The van der Waals surface area contributed by atoms with Crippen molar-refractivity contribution in [3.8, 4) is 0 Å². The van der Waals surface area contributed by atoms with Crippen LogP contribution in [0.3, 0.4) is 0 Å². The van der Waals surface area contributed by atoms with Gasteiger partial charge >= 0.3 is 6.18 Å². The number of rotatable bonds is 5. The molecule has 0 unspecified atom stereocenters. The van der Waals surface area contributed by atoms with Crippen LogP contribution in [0.2, 0.25) is 0 Å². The molecule has 0 radical (unpaired) electrons. The van der Waals surface area contributed by atoms with Crippen molar-refractivity contribution in [3.63, 3.8) is 0 Å². The summed E-state index contributed by atoms with van der Waals surface area (Å²) in [7, 11) is 1.57. The number of aryl methyl sites for hydroxylation is 1. The Kier molecular flexibility index (Phi) is 4.88. The maximum atomic E-state index is 13.5. The molecular weight excluding hydrogens is 453 g/mol. The molecule has 0 N–H and O–H groups in total. The van der Waals surface area contributed by atoms with Crippen LogP contribution in [0, 0.1) is 0 Å². The largest absolute Gasteiger partial charge is 0.433 e. The molecule has 3 aromatic heterocycles. The Morgan fingerprint density at radius 2 is 2.07 bits per heavy atom. The molecule has 0 saturated heterocycles. The lowest BCUT2D eigenvalue weighted by molar-refractivity contribution is -0.142. The minimum absolute atomic E-state index is 0.0262. The average Bonchev–Trinajstić information content (AvgIpc) is 3.34. The highest BCUT2D eigenvalue weighted by atomic mass is 79.9. The van der Waals surface area contributed by atoms with Crippen LogP contribution in [0.1, 0.15) is 53.3 Å². The standard InChI is InChI=1S/C18H18BrF3N6O/c1-3-27-14(11(19)8-23-27)9-26(2)17(29)13-7-16-24-12(10-4-5-10)6-15(18(20,21)22)28(16)25-13/h6-8,10H,3-5,9H2,1-2H3. The third-order valence-corrected chi connectivity index (χ3v) is 5.55. The van der Waals surface area contributed by atoms with Gasteiger partial charge in [0.2, 0.25) is 0 Å². The summed E-state index contributed by atoms with van der Waals surface area (Å²) in [4.78, 5) is 18.5. The van der Waals surface area contributed by atoms with E-state index in [-0.39, 0.29) is 23.8 Å². The van der Waals surface area contributed by atoms with Crippen LogP contribution >= 0.6 is 15.9 Å². The van der Waals surface area contributed by atoms with Crippen molar-refractivity contribution in [2.24, 2.45) is 0 Å². The third kappa shape index (κ3) is 3.75. The smallest absolute Gasteiger partial charge is 0.334 e. The van der Waals surface area contributed by atoms with E-state index in [2.05, 4.69) is 31.1 Å². The van der Waals surface area contributed by atoms with Crippen LogP contribution in [0.15, 0.2) is 22.8 Å². The van der Waals surface area contributed by atoms with E-state index >= 15 is 0 Å². The second-order valence-electron chi connectivity index (χ2n) is 7.05. The predicted molar refractivity (Wildman–Crippen MR) is 101 cm³/mol. The van der Waals surface area contributed by atoms with Gasteiger partial charge in [-0.1, -0.05) is 0 Å². The molecule has 3 aromatic rings. The van der Waals surface area contributed by atoms with Gasteiger partial charge in [-0.15, -0.1) is 0 Å². The maximum Gasteiger partial charge on any atom is 0.433 e. The lowest BCUT2D eigenvalue weighted by Crippen LogP contribution is -2.28. The molecule has 0 aromatic carbocycles. The van der Waals surface area contributed by atoms with Gasteiger partial charge in [-0.25, -0.2) is 9.50 Å². The fourth-order valence-corrected chi connectivity index (χ4v) is 3.62. The first kappa shape index (κ1) is 19.9. The van der Waals surface area contributed by atoms with Gasteiger partial charge in [-0.2, -0.15) is 23.4 Å². The Morgan fingerprint density at radius 1 is 1.34 bits per heavy atom. The van der Waals surface area contributed by atoms with Gasteiger partial charge in [0.05, 0.1) is 22.9 Å². The molecular formula is C18H18BrF3N6O. The van der Waals surface area contributed by atoms with E-state index in [4.69, 9.17) is 0 Å². The Balaban J connectivity index is 1.68. The maximum absolute atomic E-state index is 13.5. The van der Waals surface area contributed by atoms with Crippen LogP contribution in [-0.2, 0) is 19.3 Å². The Bertz CT molecular complexity index is 1090. The lowest BCUT2D eigenvalue weighted by atomic mass is 10.2. The average molecular weight is 471 g/mol. The van der Waals surface area contributed by atoms with Crippen molar-refractivity contribution in [1.82, 2.24) is 29.3 Å². The Labute approximate surface area is 172 Å². The highest BCUT2D eigenvalue weighted by Gasteiger charge is 2.37. The van der Waals surface area contributed by atoms with E-state index in [1.54, 1.807) is 17.9 Å². The second-order valence-corrected chi connectivity index (χ2v) is 7.91. The number of halogens is 4. The molecule has 1 fully saturated rings. The van der Waals surface area contributed by atoms with Crippen molar-refractivity contribution in [1.29, 1.82) is 0 Å². The van der Waals surface area contributed by atoms with Gasteiger partial charge in [0.1, 0.15) is 5.69 Å². The molecule has 1 saturated carbocycles. The summed E-state index contributed by atoms with van der Waals surface area (Å²) in [5, 5.41) is 8.13. The van der Waals surface area contributed by atoms with Gasteiger partial charge in [0, 0.05) is 31.3 Å². The number of hydrogen-bond donors (Lipinski definition) is 0. The van der Waals surface area contributed by atoms with E-state index in [0.717, 1.165) is 29.1 Å². The van der Waals surface area contributed by atoms with Gasteiger partial charge in [-0.3, -0.25) is 9.48 Å². The molecule has 3 heterocycles. The first-order chi connectivity index (χ1) is 13.7. The van der Waals surface area contributed by atoms with Crippen LogP contribution in [-0.4, -0.2) is 42.2 Å². The normalized spacial score (nSPS) is 14.6. The molecule has 11 heteroatoms. The van der Waals surface area contributed by atoms with E-state index in [9.17, 15) is 18.0 Å². The second kappa shape index (κ2) is 7.12. The van der Waals surface area contributed by atoms with Crippen molar-refractivity contribution < 1.29 is 18.0 Å². The van der Waals surface area contributed by atoms with Crippen LogP contribution in [0.25, 0.3) is 5.65 Å². The minimum Gasteiger partial charge on any atom is -0.334 e. The summed E-state index contributed by atoms with van der Waals surface area (Å²) in [5.41, 5.74) is 0.207. The zero-order chi connectivity index (χ0) is 20.9. The van der Waals surface area contributed by atoms with E-state index in [0.29, 0.717) is 16.8 Å². The summed E-state index contributed by atoms with van der Waals surface area (Å²) in [6.07, 6.45) is -1.31. The number of fused-ring (bicyclic) bond motifs is 1. The zero-order valence-corrected chi connectivity index (χ0v) is 17.3. The van der Waals surface area contributed by atoms with E-state index in [1.165, 1.54) is 11.0 Å². The number of alkyl halides is 3. The summed E-state index contributed by atoms with van der Waals surface area (Å²) in [5.74, 6) is -0.447. The molecule has 0 spiro atoms. The fourth-order valence-electron chi connectivity index (χ4n) is 3.20. The van der Waals surface area contributed by atoms with Crippen LogP contribution < -0.4 is 0 Å². The first-order valence-corrected chi connectivity index (χ1v) is 9.92. The number of aromatic nitrogens is 5. The molecule has 29 heavy (non-hydrogen) atoms. The number of carbonyl (C=O) groups excluding carboxylic acids is 1. The quantitative estimate of drug-likeness (QED) is 0.567. The number of amides is 1.